The van der Waals surface area contributed by atoms with Crippen molar-refractivity contribution in [3.63, 3.8) is 0 Å². The molecule has 0 fully saturated rings. The van der Waals surface area contributed by atoms with Crippen molar-refractivity contribution in [1.82, 2.24) is 15.5 Å². The topological polar surface area (TPSA) is 83.8 Å². The maximum Gasteiger partial charge on any atom is 0.237 e. The highest BCUT2D eigenvalue weighted by Gasteiger charge is 2.13. The minimum Gasteiger partial charge on any atom is -0.355 e. The molecule has 1 aromatic carbocycles. The Hall–Kier alpha value is -2.14. The van der Waals surface area contributed by atoms with E-state index in [9.17, 15) is 4.79 Å². The summed E-state index contributed by atoms with van der Waals surface area (Å²) < 4.78 is 0. The third kappa shape index (κ3) is 4.72. The van der Waals surface area contributed by atoms with E-state index in [4.69, 9.17) is 5.73 Å². The van der Waals surface area contributed by atoms with E-state index in [0.717, 1.165) is 24.1 Å². The molecule has 0 spiro atoms. The summed E-state index contributed by atoms with van der Waals surface area (Å²) in [6.45, 7) is 2.63. The van der Waals surface area contributed by atoms with Crippen molar-refractivity contribution in [2.45, 2.75) is 32.2 Å². The Morgan fingerprint density at radius 1 is 1.38 bits per heavy atom. The summed E-state index contributed by atoms with van der Waals surface area (Å²) in [5, 5.41) is 9.77. The summed E-state index contributed by atoms with van der Waals surface area (Å²) in [5.74, 6) is -0.0947. The number of aromatic amines is 1. The van der Waals surface area contributed by atoms with Crippen LogP contribution in [-0.4, -0.2) is 28.7 Å². The molecule has 0 aliphatic heterocycles. The van der Waals surface area contributed by atoms with Crippen LogP contribution >= 0.6 is 0 Å². The minimum absolute atomic E-state index is 0.0947. The molecule has 0 saturated heterocycles. The van der Waals surface area contributed by atoms with E-state index in [1.807, 2.05) is 43.5 Å². The molecule has 0 saturated carbocycles. The average molecular weight is 286 g/mol. The number of carbonyl (C=O) groups excluding carboxylic acids is 1. The van der Waals surface area contributed by atoms with Crippen LogP contribution in [0.4, 0.5) is 0 Å². The number of hydrogen-bond donors (Lipinski definition) is 3. The van der Waals surface area contributed by atoms with Gasteiger partial charge in [-0.3, -0.25) is 9.89 Å². The maximum absolute atomic E-state index is 11.9. The fourth-order valence-corrected chi connectivity index (χ4v) is 2.21. The number of nitrogens with one attached hydrogen (secondary N) is 2. The minimum atomic E-state index is -0.497. The second-order valence-corrected chi connectivity index (χ2v) is 5.21. The Balaban J connectivity index is 1.68. The molecule has 5 nitrogen and oxygen atoms in total. The number of nitrogens with two attached hydrogens (primary N) is 1. The Morgan fingerprint density at radius 3 is 2.81 bits per heavy atom. The van der Waals surface area contributed by atoms with Crippen molar-refractivity contribution in [3.8, 4) is 0 Å². The lowest BCUT2D eigenvalue weighted by molar-refractivity contribution is -0.122. The number of aryl methyl sites for hydroxylation is 2. The van der Waals surface area contributed by atoms with Crippen LogP contribution in [0.2, 0.25) is 0 Å². The molecule has 0 radical (unpaired) electrons. The van der Waals surface area contributed by atoms with Gasteiger partial charge < -0.3 is 11.1 Å². The van der Waals surface area contributed by atoms with Crippen molar-refractivity contribution in [3.05, 3.63) is 53.3 Å². The standard InChI is InChI=1S/C16H22N4O/c1-12-14(11-19-20-12)8-5-9-18-16(21)15(17)10-13-6-3-2-4-7-13/h2-4,6-7,11,15H,5,8-10,17H2,1H3,(H,18,21)(H,19,20)/t15-/m0/s1. The first-order chi connectivity index (χ1) is 10.2. The van der Waals surface area contributed by atoms with Crippen LogP contribution in [0.3, 0.4) is 0 Å². The smallest absolute Gasteiger partial charge is 0.237 e. The molecule has 1 atom stereocenters. The third-order valence-corrected chi connectivity index (χ3v) is 3.49. The van der Waals surface area contributed by atoms with Gasteiger partial charge in [0.25, 0.3) is 0 Å². The van der Waals surface area contributed by atoms with Crippen molar-refractivity contribution in [2.24, 2.45) is 5.73 Å². The molecule has 2 rings (SSSR count). The van der Waals surface area contributed by atoms with Crippen LogP contribution in [0.15, 0.2) is 36.5 Å². The van der Waals surface area contributed by atoms with E-state index in [2.05, 4.69) is 15.5 Å². The number of rotatable bonds is 7. The highest BCUT2D eigenvalue weighted by atomic mass is 16.2. The molecule has 5 heteroatoms. The second-order valence-electron chi connectivity index (χ2n) is 5.21. The first-order valence-corrected chi connectivity index (χ1v) is 7.23. The van der Waals surface area contributed by atoms with Gasteiger partial charge in [0.15, 0.2) is 0 Å². The second kappa shape index (κ2) is 7.59. The lowest BCUT2D eigenvalue weighted by atomic mass is 10.1. The summed E-state index contributed by atoms with van der Waals surface area (Å²) in [7, 11) is 0. The number of aromatic nitrogens is 2. The van der Waals surface area contributed by atoms with Gasteiger partial charge in [-0.25, -0.2) is 0 Å². The van der Waals surface area contributed by atoms with Gasteiger partial charge in [0.2, 0.25) is 5.91 Å². The number of carbonyl (C=O) groups is 1. The van der Waals surface area contributed by atoms with Gasteiger partial charge in [-0.1, -0.05) is 30.3 Å². The fraction of sp³-hybridized carbons (Fsp3) is 0.375. The number of hydrogen-bond acceptors (Lipinski definition) is 3. The zero-order chi connectivity index (χ0) is 15.1. The third-order valence-electron chi connectivity index (χ3n) is 3.49. The van der Waals surface area contributed by atoms with Crippen molar-refractivity contribution >= 4 is 5.91 Å². The van der Waals surface area contributed by atoms with E-state index < -0.39 is 6.04 Å². The van der Waals surface area contributed by atoms with E-state index in [1.165, 1.54) is 5.56 Å². The largest absolute Gasteiger partial charge is 0.355 e. The molecule has 1 aromatic heterocycles. The SMILES string of the molecule is Cc1[nH]ncc1CCCNC(=O)[C@@H](N)Cc1ccccc1. The highest BCUT2D eigenvalue weighted by molar-refractivity contribution is 5.81. The normalized spacial score (nSPS) is 12.1. The first-order valence-electron chi connectivity index (χ1n) is 7.23. The van der Waals surface area contributed by atoms with Gasteiger partial charge in [-0.2, -0.15) is 5.10 Å². The monoisotopic (exact) mass is 286 g/mol. The molecule has 0 unspecified atom stereocenters. The Labute approximate surface area is 124 Å². The molecule has 112 valence electrons. The fourth-order valence-electron chi connectivity index (χ4n) is 2.21. The Bertz CT molecular complexity index is 565. The molecule has 0 aliphatic rings. The Morgan fingerprint density at radius 2 is 2.14 bits per heavy atom. The molecule has 0 aliphatic carbocycles. The highest BCUT2D eigenvalue weighted by Crippen LogP contribution is 2.05. The van der Waals surface area contributed by atoms with E-state index in [1.54, 1.807) is 0 Å². The van der Waals surface area contributed by atoms with Gasteiger partial charge in [-0.05, 0) is 37.3 Å². The lowest BCUT2D eigenvalue weighted by Gasteiger charge is -2.12. The van der Waals surface area contributed by atoms with Crippen molar-refractivity contribution in [1.29, 1.82) is 0 Å². The van der Waals surface area contributed by atoms with Crippen LogP contribution < -0.4 is 11.1 Å². The molecule has 1 heterocycles. The average Bonchev–Trinajstić information content (AvgIpc) is 2.90. The van der Waals surface area contributed by atoms with E-state index >= 15 is 0 Å². The molecule has 0 bridgehead atoms. The summed E-state index contributed by atoms with van der Waals surface area (Å²) >= 11 is 0. The molecular formula is C16H22N4O. The molecule has 1 amide bonds. The zero-order valence-corrected chi connectivity index (χ0v) is 12.3. The number of H-pyrrole nitrogens is 1. The predicted octanol–water partition coefficient (Wildman–Crippen LogP) is 1.34. The first kappa shape index (κ1) is 15.3. The summed E-state index contributed by atoms with van der Waals surface area (Å²) in [4.78, 5) is 11.9. The summed E-state index contributed by atoms with van der Waals surface area (Å²) in [6.07, 6.45) is 4.17. The van der Waals surface area contributed by atoms with Gasteiger partial charge in [0.05, 0.1) is 12.2 Å². The predicted molar refractivity (Wildman–Crippen MR) is 82.8 cm³/mol. The molecule has 4 N–H and O–H groups in total. The van der Waals surface area contributed by atoms with Gasteiger partial charge in [0, 0.05) is 12.2 Å². The lowest BCUT2D eigenvalue weighted by Crippen LogP contribution is -2.42. The summed E-state index contributed by atoms with van der Waals surface area (Å²) in [5.41, 5.74) is 9.28. The summed E-state index contributed by atoms with van der Waals surface area (Å²) in [6, 6.07) is 9.32. The van der Waals surface area contributed by atoms with E-state index in [0.29, 0.717) is 13.0 Å². The number of amides is 1. The van der Waals surface area contributed by atoms with Crippen LogP contribution in [0, 0.1) is 6.92 Å². The van der Waals surface area contributed by atoms with Crippen LogP contribution in [0.25, 0.3) is 0 Å². The molecular weight excluding hydrogens is 264 g/mol. The zero-order valence-electron chi connectivity index (χ0n) is 12.3. The molecule has 21 heavy (non-hydrogen) atoms. The molecule has 2 aromatic rings. The maximum atomic E-state index is 11.9. The van der Waals surface area contributed by atoms with Crippen LogP contribution in [0.5, 0.6) is 0 Å². The quantitative estimate of drug-likeness (QED) is 0.672. The number of benzene rings is 1. The number of nitrogens with zero attached hydrogens (tertiary/aromatic N) is 1. The van der Waals surface area contributed by atoms with E-state index in [-0.39, 0.29) is 5.91 Å². The van der Waals surface area contributed by atoms with Crippen LogP contribution in [0.1, 0.15) is 23.2 Å². The van der Waals surface area contributed by atoms with Crippen LogP contribution in [-0.2, 0) is 17.6 Å². The van der Waals surface area contributed by atoms with Crippen molar-refractivity contribution < 1.29 is 4.79 Å². The Kier molecular flexibility index (Phi) is 5.51. The van der Waals surface area contributed by atoms with Gasteiger partial charge in [-0.15, -0.1) is 0 Å². The van der Waals surface area contributed by atoms with Crippen molar-refractivity contribution in [2.75, 3.05) is 6.54 Å². The van der Waals surface area contributed by atoms with Gasteiger partial charge in [0.1, 0.15) is 0 Å². The van der Waals surface area contributed by atoms with Gasteiger partial charge >= 0.3 is 0 Å².